The third kappa shape index (κ3) is 4.46. The first-order valence-electron chi connectivity index (χ1n) is 9.23. The van der Waals surface area contributed by atoms with E-state index in [1.165, 1.54) is 24.5 Å². The Kier molecular flexibility index (Phi) is 6.71. The molecule has 1 aromatic heterocycles. The summed E-state index contributed by atoms with van der Waals surface area (Å²) < 4.78 is 30.7. The number of rotatable bonds is 7. The Morgan fingerprint density at radius 3 is 2.77 bits per heavy atom. The molecule has 0 spiro atoms. The zero-order valence-corrected chi connectivity index (χ0v) is 18.5. The molecule has 158 valence electrons. The van der Waals surface area contributed by atoms with Crippen LogP contribution in [-0.2, 0) is 9.53 Å². The van der Waals surface area contributed by atoms with Crippen LogP contribution in [0.3, 0.4) is 0 Å². The second-order valence-electron chi connectivity index (χ2n) is 6.41. The molecule has 0 aliphatic carbocycles. The van der Waals surface area contributed by atoms with Gasteiger partial charge in [-0.25, -0.2) is 19.2 Å². The number of nitrogens with one attached hydrogen (secondary N) is 1. The molecule has 30 heavy (non-hydrogen) atoms. The van der Waals surface area contributed by atoms with Crippen molar-refractivity contribution >= 4 is 44.3 Å². The summed E-state index contributed by atoms with van der Waals surface area (Å²) in [6.07, 6.45) is 0.515. The van der Waals surface area contributed by atoms with Gasteiger partial charge in [0.2, 0.25) is 0 Å². The van der Waals surface area contributed by atoms with Crippen molar-refractivity contribution in [1.82, 2.24) is 9.97 Å². The lowest BCUT2D eigenvalue weighted by Gasteiger charge is -2.18. The molecule has 0 aliphatic rings. The minimum atomic E-state index is -0.910. The number of ether oxygens (including phenoxy) is 3. The quantitative estimate of drug-likeness (QED) is 0.483. The third-order valence-corrected chi connectivity index (χ3v) is 4.98. The van der Waals surface area contributed by atoms with E-state index in [0.29, 0.717) is 22.8 Å². The van der Waals surface area contributed by atoms with E-state index in [2.05, 4.69) is 31.2 Å². The molecule has 7 nitrogen and oxygen atoms in total. The molecular weight excluding hydrogens is 457 g/mol. The van der Waals surface area contributed by atoms with Gasteiger partial charge in [0.25, 0.3) is 0 Å². The highest BCUT2D eigenvalue weighted by atomic mass is 79.9. The Morgan fingerprint density at radius 2 is 2.07 bits per heavy atom. The molecule has 0 amide bonds. The summed E-state index contributed by atoms with van der Waals surface area (Å²) in [4.78, 5) is 20.6. The number of carbonyl (C=O) groups is 1. The average Bonchev–Trinajstić information content (AvgIpc) is 2.70. The molecule has 1 N–H and O–H groups in total. The molecule has 0 unspecified atom stereocenters. The first-order chi connectivity index (χ1) is 14.3. The lowest BCUT2D eigenvalue weighted by Crippen LogP contribution is -2.26. The summed E-state index contributed by atoms with van der Waals surface area (Å²) in [6.45, 7) is 5.37. The number of carbonyl (C=O) groups excluding carboxylic acids is 1. The first kappa shape index (κ1) is 21.8. The summed E-state index contributed by atoms with van der Waals surface area (Å²) in [5.41, 5.74) is 1.96. The molecule has 1 atom stereocenters. The standard InChI is InChI=1S/C21H21BrFN3O4/c1-5-29-21(27)12(3)30-17-8-13(23)6-7-15(17)26-20-18-11(2)19(28-4)14(22)9-16(18)24-10-25-20/h6-10,12H,5H2,1-4H3,(H,24,25,26)/t12-/m1/s1. The Bertz CT molecular complexity index is 1090. The summed E-state index contributed by atoms with van der Waals surface area (Å²) >= 11 is 3.48. The van der Waals surface area contributed by atoms with Gasteiger partial charge >= 0.3 is 5.97 Å². The number of methoxy groups -OCH3 is 1. The summed E-state index contributed by atoms with van der Waals surface area (Å²) in [7, 11) is 1.58. The number of esters is 1. The third-order valence-electron chi connectivity index (χ3n) is 4.40. The number of nitrogens with zero attached hydrogens (tertiary/aromatic N) is 2. The van der Waals surface area contributed by atoms with Crippen molar-refractivity contribution in [3.8, 4) is 11.5 Å². The normalized spacial score (nSPS) is 11.8. The van der Waals surface area contributed by atoms with E-state index in [1.807, 2.05) is 13.0 Å². The van der Waals surface area contributed by atoms with Gasteiger partial charge in [-0.05, 0) is 54.9 Å². The van der Waals surface area contributed by atoms with Crippen LogP contribution in [0.25, 0.3) is 10.9 Å². The maximum absolute atomic E-state index is 13.9. The molecule has 0 fully saturated rings. The van der Waals surface area contributed by atoms with Gasteiger partial charge < -0.3 is 19.5 Å². The molecule has 0 bridgehead atoms. The van der Waals surface area contributed by atoms with Gasteiger partial charge in [0.1, 0.15) is 29.5 Å². The summed E-state index contributed by atoms with van der Waals surface area (Å²) in [6, 6.07) is 5.84. The van der Waals surface area contributed by atoms with Gasteiger partial charge in [-0.1, -0.05) is 0 Å². The van der Waals surface area contributed by atoms with Gasteiger partial charge in [0, 0.05) is 17.0 Å². The van der Waals surface area contributed by atoms with Crippen LogP contribution >= 0.6 is 15.9 Å². The molecular formula is C21H21BrFN3O4. The molecule has 3 rings (SSSR count). The first-order valence-corrected chi connectivity index (χ1v) is 10.0. The molecule has 0 aliphatic heterocycles. The van der Waals surface area contributed by atoms with Crippen molar-refractivity contribution in [3.05, 3.63) is 46.4 Å². The van der Waals surface area contributed by atoms with Crippen LogP contribution in [0.2, 0.25) is 0 Å². The van der Waals surface area contributed by atoms with Crippen LogP contribution in [0.15, 0.2) is 35.1 Å². The highest BCUT2D eigenvalue weighted by molar-refractivity contribution is 9.10. The maximum Gasteiger partial charge on any atom is 0.347 e. The number of hydrogen-bond donors (Lipinski definition) is 1. The lowest BCUT2D eigenvalue weighted by molar-refractivity contribution is -0.150. The predicted molar refractivity (Wildman–Crippen MR) is 115 cm³/mol. The van der Waals surface area contributed by atoms with Crippen molar-refractivity contribution in [1.29, 1.82) is 0 Å². The molecule has 0 radical (unpaired) electrons. The summed E-state index contributed by atoms with van der Waals surface area (Å²) in [5, 5.41) is 3.91. The molecule has 3 aromatic rings. The van der Waals surface area contributed by atoms with Gasteiger partial charge in [-0.2, -0.15) is 0 Å². The zero-order valence-electron chi connectivity index (χ0n) is 17.0. The lowest BCUT2D eigenvalue weighted by atomic mass is 10.1. The number of aromatic nitrogens is 2. The number of fused-ring (bicyclic) bond motifs is 1. The number of aryl methyl sites for hydroxylation is 1. The van der Waals surface area contributed by atoms with Gasteiger partial charge in [0.05, 0.1) is 29.4 Å². The van der Waals surface area contributed by atoms with Crippen LogP contribution < -0.4 is 14.8 Å². The van der Waals surface area contributed by atoms with E-state index < -0.39 is 17.9 Å². The van der Waals surface area contributed by atoms with Crippen LogP contribution in [0, 0.1) is 12.7 Å². The number of anilines is 2. The minimum Gasteiger partial charge on any atom is -0.495 e. The van der Waals surface area contributed by atoms with Gasteiger partial charge in [0.15, 0.2) is 6.10 Å². The zero-order chi connectivity index (χ0) is 21.8. The fourth-order valence-corrected chi connectivity index (χ4v) is 3.70. The Labute approximate surface area is 181 Å². The fourth-order valence-electron chi connectivity index (χ4n) is 3.02. The maximum atomic E-state index is 13.9. The largest absolute Gasteiger partial charge is 0.495 e. The summed E-state index contributed by atoms with van der Waals surface area (Å²) in [5.74, 6) is 0.269. The molecule has 9 heteroatoms. The van der Waals surface area contributed by atoms with E-state index in [9.17, 15) is 9.18 Å². The molecule has 2 aromatic carbocycles. The Hall–Kier alpha value is -2.94. The van der Waals surface area contributed by atoms with Crippen molar-refractivity contribution < 1.29 is 23.4 Å². The van der Waals surface area contributed by atoms with E-state index >= 15 is 0 Å². The van der Waals surface area contributed by atoms with Crippen molar-refractivity contribution in [2.45, 2.75) is 26.9 Å². The predicted octanol–water partition coefficient (Wildman–Crippen LogP) is 4.92. The van der Waals surface area contributed by atoms with E-state index in [1.54, 1.807) is 21.0 Å². The van der Waals surface area contributed by atoms with Gasteiger partial charge in [-0.15, -0.1) is 0 Å². The van der Waals surface area contributed by atoms with Crippen LogP contribution in [-0.4, -0.2) is 35.8 Å². The molecule has 0 saturated heterocycles. The van der Waals surface area contributed by atoms with E-state index in [-0.39, 0.29) is 12.4 Å². The Balaban J connectivity index is 2.03. The second kappa shape index (κ2) is 9.25. The molecule has 1 heterocycles. The number of hydrogen-bond acceptors (Lipinski definition) is 7. The van der Waals surface area contributed by atoms with Crippen molar-refractivity contribution in [2.24, 2.45) is 0 Å². The van der Waals surface area contributed by atoms with Crippen molar-refractivity contribution in [3.63, 3.8) is 0 Å². The van der Waals surface area contributed by atoms with Crippen LogP contribution in [0.5, 0.6) is 11.5 Å². The van der Waals surface area contributed by atoms with E-state index in [0.717, 1.165) is 15.4 Å². The Morgan fingerprint density at radius 1 is 1.30 bits per heavy atom. The highest BCUT2D eigenvalue weighted by Gasteiger charge is 2.20. The van der Waals surface area contributed by atoms with Crippen molar-refractivity contribution in [2.75, 3.05) is 19.0 Å². The van der Waals surface area contributed by atoms with Crippen LogP contribution in [0.4, 0.5) is 15.9 Å². The fraction of sp³-hybridized carbons (Fsp3) is 0.286. The SMILES string of the molecule is CCOC(=O)[C@@H](C)Oc1cc(F)ccc1Nc1ncnc2cc(Br)c(OC)c(C)c12. The second-order valence-corrected chi connectivity index (χ2v) is 7.26. The monoisotopic (exact) mass is 477 g/mol. The smallest absolute Gasteiger partial charge is 0.347 e. The van der Waals surface area contributed by atoms with Crippen LogP contribution in [0.1, 0.15) is 19.4 Å². The average molecular weight is 478 g/mol. The minimum absolute atomic E-state index is 0.157. The number of benzene rings is 2. The molecule has 0 saturated carbocycles. The highest BCUT2D eigenvalue weighted by Crippen LogP contribution is 2.38. The topological polar surface area (TPSA) is 82.6 Å². The van der Waals surface area contributed by atoms with Gasteiger partial charge in [-0.3, -0.25) is 0 Å². The van der Waals surface area contributed by atoms with E-state index in [4.69, 9.17) is 14.2 Å². The number of halogens is 2.